The first-order valence-electron chi connectivity index (χ1n) is 2.23. The summed E-state index contributed by atoms with van der Waals surface area (Å²) in [6.45, 7) is 0. The fraction of sp³-hybridized carbons (Fsp3) is 0. The zero-order valence-corrected chi connectivity index (χ0v) is 4.19. The van der Waals surface area contributed by atoms with Crippen LogP contribution in [0.5, 0.6) is 0 Å². The number of hydrogen-bond donors (Lipinski definition) is 0. The molecule has 0 aromatic heterocycles. The van der Waals surface area contributed by atoms with Crippen LogP contribution >= 0.6 is 0 Å². The Labute approximate surface area is 47.2 Å². The molecule has 0 unspecified atom stereocenters. The van der Waals surface area contributed by atoms with Crippen molar-refractivity contribution in [2.24, 2.45) is 5.10 Å². The van der Waals surface area contributed by atoms with Crippen molar-refractivity contribution in [1.82, 2.24) is 5.17 Å². The van der Waals surface area contributed by atoms with Crippen LogP contribution in [0.15, 0.2) is 29.5 Å². The Balaban J connectivity index is 2.66. The normalized spacial score (nSPS) is 16.9. The van der Waals surface area contributed by atoms with E-state index >= 15 is 0 Å². The summed E-state index contributed by atoms with van der Waals surface area (Å²) in [4.78, 5) is 0. The smallest absolute Gasteiger partial charge is 0.0465 e. The van der Waals surface area contributed by atoms with Crippen molar-refractivity contribution in [3.8, 4) is 0 Å². The van der Waals surface area contributed by atoms with Crippen LogP contribution in [0.4, 0.5) is 0 Å². The van der Waals surface area contributed by atoms with Crippen molar-refractivity contribution < 1.29 is 0 Å². The van der Waals surface area contributed by atoms with Gasteiger partial charge in [-0.3, -0.25) is 0 Å². The van der Waals surface area contributed by atoms with Gasteiger partial charge in [0.05, 0.1) is 0 Å². The maximum Gasteiger partial charge on any atom is 0.0465 e. The Bertz CT molecular complexity index is 133. The van der Waals surface area contributed by atoms with Gasteiger partial charge in [0, 0.05) is 12.4 Å². The van der Waals surface area contributed by atoms with E-state index in [1.807, 2.05) is 0 Å². The first-order chi connectivity index (χ1) is 3.89. The van der Waals surface area contributed by atoms with Crippen molar-refractivity contribution in [2.45, 2.75) is 0 Å². The van der Waals surface area contributed by atoms with E-state index in [4.69, 9.17) is 0 Å². The molecule has 0 radical (unpaired) electrons. The van der Waals surface area contributed by atoms with Crippen molar-refractivity contribution in [2.75, 3.05) is 0 Å². The van der Waals surface area contributed by atoms with Gasteiger partial charge in [0.25, 0.3) is 0 Å². The van der Waals surface area contributed by atoms with E-state index in [0.717, 1.165) is 0 Å². The monoisotopic (exact) mass is 109 g/mol. The maximum absolute atomic E-state index is 10.3. The third-order valence-electron chi connectivity index (χ3n) is 0.702. The van der Waals surface area contributed by atoms with Crippen molar-refractivity contribution in [3.63, 3.8) is 0 Å². The third kappa shape index (κ3) is 1.20. The summed E-state index contributed by atoms with van der Waals surface area (Å²) < 4.78 is 0. The molecule has 0 amide bonds. The number of hydrogen-bond acceptors (Lipinski definition) is 3. The summed E-state index contributed by atoms with van der Waals surface area (Å²) in [5.74, 6) is 0. The van der Waals surface area contributed by atoms with E-state index in [1.165, 1.54) is 12.4 Å². The summed E-state index contributed by atoms with van der Waals surface area (Å²) in [7, 11) is 0. The first-order valence-corrected chi connectivity index (χ1v) is 2.23. The van der Waals surface area contributed by atoms with E-state index in [0.29, 0.717) is 5.17 Å². The van der Waals surface area contributed by atoms with Gasteiger partial charge in [-0.2, -0.15) is 5.10 Å². The van der Waals surface area contributed by atoms with Crippen LogP contribution in [0.25, 0.3) is 0 Å². The number of hydrazone groups is 1. The Kier molecular flexibility index (Phi) is 1.44. The zero-order chi connectivity index (χ0) is 5.82. The van der Waals surface area contributed by atoms with Crippen LogP contribution in [-0.2, 0) is 0 Å². The van der Waals surface area contributed by atoms with Crippen LogP contribution in [0.1, 0.15) is 0 Å². The Morgan fingerprint density at radius 3 is 3.00 bits per heavy atom. The molecular formula is C5H5N2O-. The lowest BCUT2D eigenvalue weighted by Gasteiger charge is -2.16. The topological polar surface area (TPSA) is 38.7 Å². The van der Waals surface area contributed by atoms with Crippen molar-refractivity contribution >= 4 is 6.21 Å². The molecule has 0 bridgehead atoms. The highest BCUT2D eigenvalue weighted by Gasteiger charge is 1.74. The van der Waals surface area contributed by atoms with Crippen molar-refractivity contribution in [1.29, 1.82) is 0 Å². The zero-order valence-electron chi connectivity index (χ0n) is 4.19. The molecule has 0 aromatic rings. The van der Waals surface area contributed by atoms with Crippen molar-refractivity contribution in [3.05, 3.63) is 29.6 Å². The lowest BCUT2D eigenvalue weighted by molar-refractivity contribution is 0.554. The van der Waals surface area contributed by atoms with Gasteiger partial charge in [-0.05, 0) is 12.2 Å². The van der Waals surface area contributed by atoms with Crippen LogP contribution in [0, 0.1) is 5.21 Å². The van der Waals surface area contributed by atoms with E-state index in [-0.39, 0.29) is 0 Å². The van der Waals surface area contributed by atoms with E-state index in [9.17, 15) is 5.21 Å². The van der Waals surface area contributed by atoms with Gasteiger partial charge in [0.2, 0.25) is 0 Å². The summed E-state index contributed by atoms with van der Waals surface area (Å²) in [5, 5.41) is 14.2. The lowest BCUT2D eigenvalue weighted by Crippen LogP contribution is -1.95. The van der Waals surface area contributed by atoms with Gasteiger partial charge in [-0.25, -0.2) is 0 Å². The number of nitrogens with zero attached hydrogens (tertiary/aromatic N) is 2. The second-order valence-electron chi connectivity index (χ2n) is 1.29. The van der Waals surface area contributed by atoms with E-state index in [1.54, 1.807) is 18.2 Å². The SMILES string of the molecule is [O-]N1C=CC=CC=N1. The van der Waals surface area contributed by atoms with Gasteiger partial charge < -0.3 is 10.4 Å². The van der Waals surface area contributed by atoms with Gasteiger partial charge in [0.1, 0.15) is 0 Å². The molecule has 0 aromatic carbocycles. The van der Waals surface area contributed by atoms with Gasteiger partial charge in [-0.15, -0.1) is 0 Å². The Hall–Kier alpha value is -1.09. The molecule has 0 saturated carbocycles. The molecule has 3 nitrogen and oxygen atoms in total. The standard InChI is InChI=1S/C5H5N2O/c8-7-5-3-1-2-4-6-7/h1-5H/q-1. The highest BCUT2D eigenvalue weighted by atomic mass is 16.5. The lowest BCUT2D eigenvalue weighted by atomic mass is 10.5. The fourth-order valence-electron chi connectivity index (χ4n) is 0.380. The molecule has 1 rings (SSSR count). The van der Waals surface area contributed by atoms with Crippen LogP contribution < -0.4 is 0 Å². The molecule has 3 heteroatoms. The van der Waals surface area contributed by atoms with Gasteiger partial charge in [0.15, 0.2) is 0 Å². The maximum atomic E-state index is 10.3. The average Bonchev–Trinajstić information content (AvgIpc) is 1.94. The van der Waals surface area contributed by atoms with E-state index in [2.05, 4.69) is 5.10 Å². The largest absolute Gasteiger partial charge is 0.738 e. The number of rotatable bonds is 0. The van der Waals surface area contributed by atoms with E-state index < -0.39 is 0 Å². The molecule has 1 heterocycles. The minimum atomic E-state index is 0.500. The van der Waals surface area contributed by atoms with Crippen LogP contribution in [0.3, 0.4) is 0 Å². The molecule has 0 N–H and O–H groups in total. The minimum Gasteiger partial charge on any atom is -0.738 e. The van der Waals surface area contributed by atoms with Gasteiger partial charge in [-0.1, -0.05) is 6.08 Å². The molecule has 1 aliphatic heterocycles. The number of allylic oxidation sites excluding steroid dienone is 3. The Morgan fingerprint density at radius 1 is 1.25 bits per heavy atom. The second kappa shape index (κ2) is 2.28. The molecule has 0 fully saturated rings. The summed E-state index contributed by atoms with van der Waals surface area (Å²) in [6, 6.07) is 0. The quantitative estimate of drug-likeness (QED) is 0.462. The third-order valence-corrected chi connectivity index (χ3v) is 0.702. The second-order valence-corrected chi connectivity index (χ2v) is 1.29. The van der Waals surface area contributed by atoms with Crippen LogP contribution in [-0.4, -0.2) is 11.4 Å². The molecule has 0 atom stereocenters. The summed E-state index contributed by atoms with van der Waals surface area (Å²) >= 11 is 0. The van der Waals surface area contributed by atoms with Gasteiger partial charge >= 0.3 is 0 Å². The predicted molar refractivity (Wildman–Crippen MR) is 32.0 cm³/mol. The minimum absolute atomic E-state index is 0.500. The predicted octanol–water partition coefficient (Wildman–Crippen LogP) is 0.855. The molecule has 0 spiro atoms. The number of hydroxylamine groups is 1. The molecule has 1 aliphatic rings. The Morgan fingerprint density at radius 2 is 2.12 bits per heavy atom. The molecule has 8 heavy (non-hydrogen) atoms. The summed E-state index contributed by atoms with van der Waals surface area (Å²) in [5.41, 5.74) is 0. The fourth-order valence-corrected chi connectivity index (χ4v) is 0.380. The summed E-state index contributed by atoms with van der Waals surface area (Å²) in [6.07, 6.45) is 7.82. The van der Waals surface area contributed by atoms with Crippen LogP contribution in [0.2, 0.25) is 0 Å². The highest BCUT2D eigenvalue weighted by Crippen LogP contribution is 1.90. The first kappa shape index (κ1) is 5.05. The molecular weight excluding hydrogens is 104 g/mol. The molecule has 0 saturated heterocycles. The molecule has 0 aliphatic carbocycles. The highest BCUT2D eigenvalue weighted by molar-refractivity contribution is 5.71. The molecule has 42 valence electrons. The average molecular weight is 109 g/mol.